The van der Waals surface area contributed by atoms with Gasteiger partial charge in [0.05, 0.1) is 18.2 Å². The van der Waals surface area contributed by atoms with Gasteiger partial charge in [0.1, 0.15) is 6.54 Å². The van der Waals surface area contributed by atoms with Crippen molar-refractivity contribution in [3.8, 4) is 6.07 Å². The van der Waals surface area contributed by atoms with Gasteiger partial charge in [-0.1, -0.05) is 6.92 Å². The van der Waals surface area contributed by atoms with E-state index >= 15 is 0 Å². The number of nitrogens with zero attached hydrogens (tertiary/aromatic N) is 4. The smallest absolute Gasteiger partial charge is 0.322 e. The molecule has 0 spiro atoms. The van der Waals surface area contributed by atoms with Gasteiger partial charge < -0.3 is 19.7 Å². The first-order chi connectivity index (χ1) is 14.4. The summed E-state index contributed by atoms with van der Waals surface area (Å²) in [6.07, 6.45) is 4.74. The number of urea groups is 1. The number of aryl methyl sites for hydroxylation is 1. The molecule has 1 aromatic carbocycles. The molecule has 0 saturated heterocycles. The quantitative estimate of drug-likeness (QED) is 0.724. The predicted octanol–water partition coefficient (Wildman–Crippen LogP) is 3.72. The van der Waals surface area contributed by atoms with Crippen LogP contribution in [0.25, 0.3) is 0 Å². The van der Waals surface area contributed by atoms with E-state index in [0.29, 0.717) is 17.8 Å². The van der Waals surface area contributed by atoms with Crippen LogP contribution in [0.5, 0.6) is 0 Å². The molecule has 7 nitrogen and oxygen atoms in total. The first-order valence-corrected chi connectivity index (χ1v) is 10.4. The highest BCUT2D eigenvalue weighted by Gasteiger charge is 2.34. The fourth-order valence-corrected chi connectivity index (χ4v) is 3.35. The molecule has 1 fully saturated rings. The van der Waals surface area contributed by atoms with E-state index in [9.17, 15) is 9.59 Å². The fraction of sp³-hybridized carbons (Fsp3) is 0.435. The van der Waals surface area contributed by atoms with Crippen LogP contribution in [0, 0.1) is 11.3 Å². The van der Waals surface area contributed by atoms with Gasteiger partial charge in [0.15, 0.2) is 0 Å². The Morgan fingerprint density at radius 1 is 1.27 bits per heavy atom. The van der Waals surface area contributed by atoms with E-state index in [1.54, 1.807) is 29.2 Å². The second kappa shape index (κ2) is 9.49. The number of carbonyl (C=O) groups is 2. The minimum absolute atomic E-state index is 0.0334. The molecule has 3 rings (SSSR count). The third-order valence-corrected chi connectivity index (χ3v) is 5.65. The van der Waals surface area contributed by atoms with Crippen molar-refractivity contribution in [2.45, 2.75) is 51.7 Å². The van der Waals surface area contributed by atoms with Crippen LogP contribution >= 0.6 is 0 Å². The Hall–Kier alpha value is -3.27. The maximum atomic E-state index is 13.2. The summed E-state index contributed by atoms with van der Waals surface area (Å²) >= 11 is 0. The lowest BCUT2D eigenvalue weighted by atomic mass is 10.2. The van der Waals surface area contributed by atoms with Gasteiger partial charge in [-0.05, 0) is 62.6 Å². The molecule has 1 unspecified atom stereocenters. The summed E-state index contributed by atoms with van der Waals surface area (Å²) < 4.78 is 2.02. The second-order valence-electron chi connectivity index (χ2n) is 7.87. The standard InChI is InChI=1S/C23H29N5O2/c1-4-17(2)27(23(30)25-19-9-7-18(14-24)8-10-19)16-22(29)28(20-11-12-20)15-21-6-5-13-26(21)3/h5-10,13,17,20H,4,11-12,15-16H2,1-3H3,(H,25,30). The fourth-order valence-electron chi connectivity index (χ4n) is 3.35. The van der Waals surface area contributed by atoms with Crippen molar-refractivity contribution in [2.75, 3.05) is 11.9 Å². The van der Waals surface area contributed by atoms with Crippen molar-refractivity contribution in [3.63, 3.8) is 0 Å². The van der Waals surface area contributed by atoms with E-state index in [-0.39, 0.29) is 30.6 Å². The second-order valence-corrected chi connectivity index (χ2v) is 7.87. The monoisotopic (exact) mass is 407 g/mol. The van der Waals surface area contributed by atoms with Gasteiger partial charge in [0.2, 0.25) is 5.91 Å². The molecule has 0 aliphatic heterocycles. The molecule has 1 aliphatic rings. The number of nitriles is 1. The first-order valence-electron chi connectivity index (χ1n) is 10.4. The molecule has 1 N–H and O–H groups in total. The third-order valence-electron chi connectivity index (χ3n) is 5.65. The zero-order valence-electron chi connectivity index (χ0n) is 17.8. The van der Waals surface area contributed by atoms with Crippen LogP contribution < -0.4 is 5.32 Å². The van der Waals surface area contributed by atoms with Crippen molar-refractivity contribution in [2.24, 2.45) is 7.05 Å². The number of anilines is 1. The number of amides is 3. The molecule has 158 valence electrons. The molecule has 7 heteroatoms. The van der Waals surface area contributed by atoms with Gasteiger partial charge in [-0.2, -0.15) is 5.26 Å². The summed E-state index contributed by atoms with van der Waals surface area (Å²) in [5.41, 5.74) is 2.21. The Labute approximate surface area is 177 Å². The summed E-state index contributed by atoms with van der Waals surface area (Å²) in [6.45, 7) is 4.54. The van der Waals surface area contributed by atoms with E-state index in [2.05, 4.69) is 11.4 Å². The summed E-state index contributed by atoms with van der Waals surface area (Å²) in [5, 5.41) is 11.8. The van der Waals surface area contributed by atoms with Crippen LogP contribution in [-0.2, 0) is 18.4 Å². The summed E-state index contributed by atoms with van der Waals surface area (Å²) in [7, 11) is 1.97. The highest BCUT2D eigenvalue weighted by atomic mass is 16.2. The van der Waals surface area contributed by atoms with Crippen LogP contribution in [0.2, 0.25) is 0 Å². The lowest BCUT2D eigenvalue weighted by molar-refractivity contribution is -0.133. The SMILES string of the molecule is CCC(C)N(CC(=O)N(Cc1cccn1C)C1CC1)C(=O)Nc1ccc(C#N)cc1. The molecule has 2 aromatic rings. The largest absolute Gasteiger partial charge is 0.353 e. The zero-order valence-corrected chi connectivity index (χ0v) is 17.8. The van der Waals surface area contributed by atoms with Gasteiger partial charge in [-0.25, -0.2) is 4.79 Å². The molecule has 0 bridgehead atoms. The number of nitrogens with one attached hydrogen (secondary N) is 1. The number of carbonyl (C=O) groups excluding carboxylic acids is 2. The zero-order chi connectivity index (χ0) is 21.7. The van der Waals surface area contributed by atoms with Gasteiger partial charge in [-0.15, -0.1) is 0 Å². The van der Waals surface area contributed by atoms with Crippen molar-refractivity contribution in [1.82, 2.24) is 14.4 Å². The Bertz CT molecular complexity index is 924. The number of hydrogen-bond acceptors (Lipinski definition) is 3. The molecule has 1 saturated carbocycles. The molecule has 0 radical (unpaired) electrons. The maximum absolute atomic E-state index is 13.2. The average Bonchev–Trinajstić information content (AvgIpc) is 3.51. The van der Waals surface area contributed by atoms with Gasteiger partial charge in [-0.3, -0.25) is 4.79 Å². The molecular formula is C23H29N5O2. The van der Waals surface area contributed by atoms with Crippen LogP contribution in [0.3, 0.4) is 0 Å². The summed E-state index contributed by atoms with van der Waals surface area (Å²) in [5.74, 6) is -0.0334. The summed E-state index contributed by atoms with van der Waals surface area (Å²) in [6, 6.07) is 12.6. The third kappa shape index (κ3) is 5.20. The van der Waals surface area contributed by atoms with Gasteiger partial charge in [0, 0.05) is 36.7 Å². The van der Waals surface area contributed by atoms with Crippen molar-refractivity contribution in [3.05, 3.63) is 53.9 Å². The van der Waals surface area contributed by atoms with Gasteiger partial charge in [0.25, 0.3) is 0 Å². The Morgan fingerprint density at radius 2 is 1.97 bits per heavy atom. The van der Waals surface area contributed by atoms with Crippen LogP contribution in [0.4, 0.5) is 10.5 Å². The molecule has 1 aliphatic carbocycles. The summed E-state index contributed by atoms with van der Waals surface area (Å²) in [4.78, 5) is 29.7. The van der Waals surface area contributed by atoms with E-state index in [1.165, 1.54) is 0 Å². The van der Waals surface area contributed by atoms with Crippen LogP contribution in [0.15, 0.2) is 42.6 Å². The molecule has 3 amide bonds. The molecule has 1 heterocycles. The number of hydrogen-bond donors (Lipinski definition) is 1. The minimum atomic E-state index is -0.308. The van der Waals surface area contributed by atoms with E-state index < -0.39 is 0 Å². The lowest BCUT2D eigenvalue weighted by Crippen LogP contribution is -2.48. The molecule has 1 aromatic heterocycles. The van der Waals surface area contributed by atoms with Crippen molar-refractivity contribution < 1.29 is 9.59 Å². The van der Waals surface area contributed by atoms with E-state index in [1.807, 2.05) is 48.7 Å². The Morgan fingerprint density at radius 3 is 2.50 bits per heavy atom. The number of benzene rings is 1. The van der Waals surface area contributed by atoms with E-state index in [0.717, 1.165) is 25.0 Å². The number of rotatable bonds is 8. The topological polar surface area (TPSA) is 81.4 Å². The highest BCUT2D eigenvalue weighted by Crippen LogP contribution is 2.29. The minimum Gasteiger partial charge on any atom is -0.353 e. The predicted molar refractivity (Wildman–Crippen MR) is 116 cm³/mol. The van der Waals surface area contributed by atoms with Crippen molar-refractivity contribution >= 4 is 17.6 Å². The maximum Gasteiger partial charge on any atom is 0.322 e. The Balaban J connectivity index is 1.70. The highest BCUT2D eigenvalue weighted by molar-refractivity contribution is 5.92. The van der Waals surface area contributed by atoms with E-state index in [4.69, 9.17) is 5.26 Å². The first kappa shape index (κ1) is 21.4. The van der Waals surface area contributed by atoms with Gasteiger partial charge >= 0.3 is 6.03 Å². The van der Waals surface area contributed by atoms with Crippen LogP contribution in [0.1, 0.15) is 44.4 Å². The number of aromatic nitrogens is 1. The Kier molecular flexibility index (Phi) is 6.78. The average molecular weight is 408 g/mol. The normalized spacial score (nSPS) is 13.9. The molecular weight excluding hydrogens is 378 g/mol. The molecule has 1 atom stereocenters. The molecule has 30 heavy (non-hydrogen) atoms. The van der Waals surface area contributed by atoms with Crippen LogP contribution in [-0.4, -0.2) is 44.9 Å². The van der Waals surface area contributed by atoms with Crippen molar-refractivity contribution in [1.29, 1.82) is 5.26 Å². The lowest BCUT2D eigenvalue weighted by Gasteiger charge is -2.31.